The number of carbonyl (C=O) groups is 1. The fourth-order valence-corrected chi connectivity index (χ4v) is 3.35. The first kappa shape index (κ1) is 14.5. The van der Waals surface area contributed by atoms with Crippen LogP contribution in [-0.4, -0.2) is 5.78 Å². The third kappa shape index (κ3) is 2.56. The quantitative estimate of drug-likeness (QED) is 0.486. The first-order valence-corrected chi connectivity index (χ1v) is 8.15. The third-order valence-corrected chi connectivity index (χ3v) is 5.30. The highest BCUT2D eigenvalue weighted by Gasteiger charge is 2.16. The van der Waals surface area contributed by atoms with Crippen LogP contribution in [0.3, 0.4) is 0 Å². The van der Waals surface area contributed by atoms with Crippen LogP contribution in [0.5, 0.6) is 0 Å². The molecular formula is C18H12Br2O. The number of fused-ring (bicyclic) bond motifs is 1. The van der Waals surface area contributed by atoms with E-state index in [0.29, 0.717) is 5.56 Å². The molecule has 0 unspecified atom stereocenters. The molecule has 3 rings (SSSR count). The Hall–Kier alpha value is -1.45. The molecule has 0 bridgehead atoms. The van der Waals surface area contributed by atoms with Crippen molar-refractivity contribution in [2.75, 3.05) is 0 Å². The molecule has 3 aromatic carbocycles. The van der Waals surface area contributed by atoms with E-state index in [0.717, 1.165) is 30.8 Å². The standard InChI is InChI=1S/C18H12Br2O/c1-11-5-4-8-15(17(11)20)18(21)14-9-10-16(19)13-7-3-2-6-12(13)14/h2-10H,1H3. The summed E-state index contributed by atoms with van der Waals surface area (Å²) in [5.41, 5.74) is 2.48. The molecule has 0 N–H and O–H groups in total. The van der Waals surface area contributed by atoms with E-state index in [-0.39, 0.29) is 5.78 Å². The molecule has 0 fully saturated rings. The zero-order valence-corrected chi connectivity index (χ0v) is 14.5. The Morgan fingerprint density at radius 2 is 1.52 bits per heavy atom. The normalized spacial score (nSPS) is 10.8. The molecule has 0 aliphatic rings. The Labute approximate surface area is 140 Å². The van der Waals surface area contributed by atoms with Crippen LogP contribution >= 0.6 is 31.9 Å². The summed E-state index contributed by atoms with van der Waals surface area (Å²) >= 11 is 7.07. The molecule has 0 aliphatic heterocycles. The van der Waals surface area contributed by atoms with E-state index in [2.05, 4.69) is 31.9 Å². The van der Waals surface area contributed by atoms with Crippen LogP contribution in [0.4, 0.5) is 0 Å². The van der Waals surface area contributed by atoms with Crippen LogP contribution < -0.4 is 0 Å². The fourth-order valence-electron chi connectivity index (χ4n) is 2.43. The first-order chi connectivity index (χ1) is 10.1. The van der Waals surface area contributed by atoms with E-state index < -0.39 is 0 Å². The number of hydrogen-bond donors (Lipinski definition) is 0. The third-order valence-electron chi connectivity index (χ3n) is 3.55. The van der Waals surface area contributed by atoms with Gasteiger partial charge in [0.1, 0.15) is 0 Å². The van der Waals surface area contributed by atoms with E-state index in [1.54, 1.807) is 0 Å². The maximum atomic E-state index is 12.9. The van der Waals surface area contributed by atoms with Crippen LogP contribution in [-0.2, 0) is 0 Å². The molecular weight excluding hydrogens is 392 g/mol. The van der Waals surface area contributed by atoms with E-state index in [9.17, 15) is 4.79 Å². The summed E-state index contributed by atoms with van der Waals surface area (Å²) in [5.74, 6) is 0.0364. The van der Waals surface area contributed by atoms with E-state index >= 15 is 0 Å². The van der Waals surface area contributed by atoms with E-state index in [1.165, 1.54) is 0 Å². The van der Waals surface area contributed by atoms with Crippen LogP contribution in [0.25, 0.3) is 10.8 Å². The Morgan fingerprint density at radius 1 is 0.810 bits per heavy atom. The largest absolute Gasteiger partial charge is 0.289 e. The number of rotatable bonds is 2. The van der Waals surface area contributed by atoms with Crippen molar-refractivity contribution in [3.8, 4) is 0 Å². The molecule has 104 valence electrons. The Kier molecular flexibility index (Phi) is 3.96. The molecule has 0 amide bonds. The highest BCUT2D eigenvalue weighted by Crippen LogP contribution is 2.30. The van der Waals surface area contributed by atoms with Gasteiger partial charge < -0.3 is 0 Å². The minimum Gasteiger partial charge on any atom is -0.289 e. The second-order valence-corrected chi connectivity index (χ2v) is 6.55. The lowest BCUT2D eigenvalue weighted by Gasteiger charge is -2.10. The SMILES string of the molecule is Cc1cccc(C(=O)c2ccc(Br)c3ccccc23)c1Br. The molecule has 21 heavy (non-hydrogen) atoms. The predicted molar refractivity (Wildman–Crippen MR) is 94.0 cm³/mol. The van der Waals surface area contributed by atoms with Crippen molar-refractivity contribution in [3.63, 3.8) is 0 Å². The summed E-state index contributed by atoms with van der Waals surface area (Å²) < 4.78 is 1.86. The number of ketones is 1. The van der Waals surface area contributed by atoms with Crippen molar-refractivity contribution < 1.29 is 4.79 Å². The molecule has 3 aromatic rings. The lowest BCUT2D eigenvalue weighted by molar-refractivity contribution is 0.103. The number of aryl methyl sites for hydroxylation is 1. The molecule has 0 atom stereocenters. The average Bonchev–Trinajstić information content (AvgIpc) is 2.50. The topological polar surface area (TPSA) is 17.1 Å². The number of benzene rings is 3. The Bertz CT molecular complexity index is 853. The van der Waals surface area contributed by atoms with Gasteiger partial charge in [0, 0.05) is 20.1 Å². The minimum atomic E-state index is 0.0364. The van der Waals surface area contributed by atoms with Crippen molar-refractivity contribution in [3.05, 3.63) is 80.2 Å². The van der Waals surface area contributed by atoms with Gasteiger partial charge >= 0.3 is 0 Å². The first-order valence-electron chi connectivity index (χ1n) is 6.56. The van der Waals surface area contributed by atoms with Crippen molar-refractivity contribution in [1.29, 1.82) is 0 Å². The fraction of sp³-hybridized carbons (Fsp3) is 0.0556. The van der Waals surface area contributed by atoms with Crippen LogP contribution in [0.2, 0.25) is 0 Å². The molecule has 0 saturated carbocycles. The monoisotopic (exact) mass is 402 g/mol. The van der Waals surface area contributed by atoms with Gasteiger partial charge in [-0.25, -0.2) is 0 Å². The van der Waals surface area contributed by atoms with Gasteiger partial charge in [0.25, 0.3) is 0 Å². The Balaban J connectivity index is 2.23. The van der Waals surface area contributed by atoms with Crippen LogP contribution in [0.15, 0.2) is 63.5 Å². The summed E-state index contributed by atoms with van der Waals surface area (Å²) in [6.45, 7) is 1.99. The zero-order valence-electron chi connectivity index (χ0n) is 11.4. The zero-order chi connectivity index (χ0) is 15.0. The van der Waals surface area contributed by atoms with Gasteiger partial charge in [-0.3, -0.25) is 4.79 Å². The van der Waals surface area contributed by atoms with Crippen molar-refractivity contribution in [1.82, 2.24) is 0 Å². The summed E-state index contributed by atoms with van der Waals surface area (Å²) in [6.07, 6.45) is 0. The number of carbonyl (C=O) groups excluding carboxylic acids is 1. The van der Waals surface area contributed by atoms with Gasteiger partial charge in [-0.05, 0) is 57.4 Å². The van der Waals surface area contributed by atoms with Gasteiger partial charge in [-0.1, -0.05) is 52.3 Å². The van der Waals surface area contributed by atoms with E-state index in [4.69, 9.17) is 0 Å². The summed E-state index contributed by atoms with van der Waals surface area (Å²) in [6, 6.07) is 17.5. The van der Waals surface area contributed by atoms with Crippen molar-refractivity contribution >= 4 is 48.4 Å². The average molecular weight is 404 g/mol. The van der Waals surface area contributed by atoms with Crippen molar-refractivity contribution in [2.45, 2.75) is 6.92 Å². The summed E-state index contributed by atoms with van der Waals surface area (Å²) in [5, 5.41) is 2.01. The summed E-state index contributed by atoms with van der Waals surface area (Å²) in [7, 11) is 0. The molecule has 1 nitrogen and oxygen atoms in total. The maximum absolute atomic E-state index is 12.9. The van der Waals surface area contributed by atoms with Gasteiger partial charge in [-0.2, -0.15) is 0 Å². The smallest absolute Gasteiger partial charge is 0.194 e. The highest BCUT2D eigenvalue weighted by molar-refractivity contribution is 9.11. The molecule has 0 spiro atoms. The predicted octanol–water partition coefficient (Wildman–Crippen LogP) is 5.90. The Morgan fingerprint density at radius 3 is 2.29 bits per heavy atom. The minimum absolute atomic E-state index is 0.0364. The van der Waals surface area contributed by atoms with Crippen LogP contribution in [0.1, 0.15) is 21.5 Å². The molecule has 0 saturated heterocycles. The molecule has 0 aromatic heterocycles. The molecule has 3 heteroatoms. The van der Waals surface area contributed by atoms with Gasteiger partial charge in [0.05, 0.1) is 0 Å². The molecule has 0 aliphatic carbocycles. The van der Waals surface area contributed by atoms with E-state index in [1.807, 2.05) is 61.5 Å². The molecule has 0 heterocycles. The maximum Gasteiger partial charge on any atom is 0.194 e. The number of halogens is 2. The second kappa shape index (κ2) is 5.74. The number of hydrogen-bond acceptors (Lipinski definition) is 1. The second-order valence-electron chi connectivity index (χ2n) is 4.91. The molecule has 0 radical (unpaired) electrons. The summed E-state index contributed by atoms with van der Waals surface area (Å²) in [4.78, 5) is 12.9. The van der Waals surface area contributed by atoms with Crippen molar-refractivity contribution in [2.24, 2.45) is 0 Å². The lowest BCUT2D eigenvalue weighted by atomic mass is 9.96. The van der Waals surface area contributed by atoms with Crippen LogP contribution in [0, 0.1) is 6.92 Å². The van der Waals surface area contributed by atoms with Gasteiger partial charge in [0.2, 0.25) is 0 Å². The van der Waals surface area contributed by atoms with Gasteiger partial charge in [0.15, 0.2) is 5.78 Å². The lowest BCUT2D eigenvalue weighted by Crippen LogP contribution is -2.04. The highest BCUT2D eigenvalue weighted by atomic mass is 79.9. The van der Waals surface area contributed by atoms with Gasteiger partial charge in [-0.15, -0.1) is 0 Å².